The first-order valence-corrected chi connectivity index (χ1v) is 7.38. The predicted molar refractivity (Wildman–Crippen MR) is 87.9 cm³/mol. The highest BCUT2D eigenvalue weighted by molar-refractivity contribution is 5.81. The monoisotopic (exact) mass is 312 g/mol. The summed E-state index contributed by atoms with van der Waals surface area (Å²) in [5, 5.41) is 6.57. The van der Waals surface area contributed by atoms with Gasteiger partial charge in [0.15, 0.2) is 5.82 Å². The summed E-state index contributed by atoms with van der Waals surface area (Å²) in [5.74, 6) is 3.78. The maximum absolute atomic E-state index is 11.8. The second-order valence-corrected chi connectivity index (χ2v) is 5.42. The Hall–Kier alpha value is -2.81. The van der Waals surface area contributed by atoms with E-state index in [1.54, 1.807) is 7.05 Å². The Kier molecular flexibility index (Phi) is 5.36. The van der Waals surface area contributed by atoms with Crippen molar-refractivity contribution in [2.24, 2.45) is 0 Å². The third kappa shape index (κ3) is 4.33. The van der Waals surface area contributed by atoms with Gasteiger partial charge < -0.3 is 14.7 Å². The number of carbonyl (C=O) groups excluding carboxylic acids is 1. The maximum Gasteiger partial charge on any atom is 0.246 e. The lowest BCUT2D eigenvalue weighted by Gasteiger charge is -2.22. The summed E-state index contributed by atoms with van der Waals surface area (Å²) >= 11 is 0. The fourth-order valence-corrected chi connectivity index (χ4v) is 2.01. The van der Waals surface area contributed by atoms with Gasteiger partial charge >= 0.3 is 0 Å². The Balaban J connectivity index is 2.25. The van der Waals surface area contributed by atoms with Gasteiger partial charge in [-0.05, 0) is 18.2 Å². The Morgan fingerprint density at radius 3 is 2.87 bits per heavy atom. The number of nitrogens with zero attached hydrogens (tertiary/aromatic N) is 3. The van der Waals surface area contributed by atoms with Crippen LogP contribution in [0.3, 0.4) is 0 Å². The maximum atomic E-state index is 11.8. The number of hydrogen-bond acceptors (Lipinski definition) is 5. The molecule has 1 heterocycles. The van der Waals surface area contributed by atoms with Gasteiger partial charge in [0.2, 0.25) is 11.8 Å². The molecule has 6 heteroatoms. The number of rotatable bonds is 6. The lowest BCUT2D eigenvalue weighted by Crippen LogP contribution is -2.35. The van der Waals surface area contributed by atoms with E-state index in [0.717, 1.165) is 11.3 Å². The minimum Gasteiger partial charge on any atom is -0.358 e. The highest BCUT2D eigenvalue weighted by atomic mass is 16.5. The number of carbonyl (C=O) groups is 1. The zero-order valence-electron chi connectivity index (χ0n) is 13.5. The zero-order valence-corrected chi connectivity index (χ0v) is 13.5. The van der Waals surface area contributed by atoms with E-state index in [4.69, 9.17) is 10.9 Å². The van der Waals surface area contributed by atoms with Crippen molar-refractivity contribution in [3.05, 3.63) is 41.5 Å². The molecule has 0 unspecified atom stereocenters. The molecule has 120 valence electrons. The van der Waals surface area contributed by atoms with Crippen LogP contribution in [0.5, 0.6) is 0 Å². The highest BCUT2D eigenvalue weighted by Gasteiger charge is 2.17. The minimum atomic E-state index is -0.111. The van der Waals surface area contributed by atoms with E-state index in [-0.39, 0.29) is 18.4 Å². The third-order valence-electron chi connectivity index (χ3n) is 3.32. The molecule has 0 radical (unpaired) electrons. The summed E-state index contributed by atoms with van der Waals surface area (Å²) < 4.78 is 5.27. The van der Waals surface area contributed by atoms with Crippen LogP contribution in [0.15, 0.2) is 28.8 Å². The summed E-state index contributed by atoms with van der Waals surface area (Å²) in [6.07, 6.45) is 5.45. The van der Waals surface area contributed by atoms with Crippen molar-refractivity contribution in [1.29, 1.82) is 0 Å². The van der Waals surface area contributed by atoms with Crippen molar-refractivity contribution in [2.45, 2.75) is 26.3 Å². The summed E-state index contributed by atoms with van der Waals surface area (Å²) in [6, 6.07) is 7.44. The predicted octanol–water partition coefficient (Wildman–Crippen LogP) is 1.93. The van der Waals surface area contributed by atoms with Crippen LogP contribution in [0, 0.1) is 12.3 Å². The van der Waals surface area contributed by atoms with Crippen LogP contribution in [-0.4, -0.2) is 29.6 Å². The van der Waals surface area contributed by atoms with Gasteiger partial charge in [0.1, 0.15) is 0 Å². The Labute approximate surface area is 135 Å². The topological polar surface area (TPSA) is 71.3 Å². The van der Waals surface area contributed by atoms with Crippen molar-refractivity contribution in [1.82, 2.24) is 15.5 Å². The lowest BCUT2D eigenvalue weighted by molar-refractivity contribution is -0.119. The van der Waals surface area contributed by atoms with Crippen LogP contribution >= 0.6 is 0 Å². The molecule has 0 atom stereocenters. The Morgan fingerprint density at radius 1 is 1.48 bits per heavy atom. The van der Waals surface area contributed by atoms with Crippen LogP contribution in [0.4, 0.5) is 5.69 Å². The van der Waals surface area contributed by atoms with Gasteiger partial charge in [-0.3, -0.25) is 4.79 Å². The second-order valence-electron chi connectivity index (χ2n) is 5.42. The Bertz CT molecular complexity index is 715. The van der Waals surface area contributed by atoms with E-state index >= 15 is 0 Å². The van der Waals surface area contributed by atoms with Crippen LogP contribution in [0.25, 0.3) is 0 Å². The van der Waals surface area contributed by atoms with Gasteiger partial charge in [-0.2, -0.15) is 4.98 Å². The van der Waals surface area contributed by atoms with Crippen LogP contribution in [0.1, 0.15) is 37.0 Å². The molecule has 2 rings (SSSR count). The van der Waals surface area contributed by atoms with Crippen molar-refractivity contribution in [3.8, 4) is 12.3 Å². The number of likely N-dealkylation sites (N-methyl/N-ethyl adjacent to an activating group) is 1. The Morgan fingerprint density at radius 2 is 2.26 bits per heavy atom. The molecule has 1 amide bonds. The van der Waals surface area contributed by atoms with E-state index in [2.05, 4.69) is 21.4 Å². The van der Waals surface area contributed by atoms with Gasteiger partial charge in [-0.1, -0.05) is 31.0 Å². The van der Waals surface area contributed by atoms with Crippen molar-refractivity contribution in [3.63, 3.8) is 0 Å². The van der Waals surface area contributed by atoms with E-state index in [1.165, 1.54) is 0 Å². The first-order valence-electron chi connectivity index (χ1n) is 7.38. The van der Waals surface area contributed by atoms with Gasteiger partial charge in [-0.25, -0.2) is 0 Å². The summed E-state index contributed by atoms with van der Waals surface area (Å²) in [5.41, 5.74) is 1.58. The summed E-state index contributed by atoms with van der Waals surface area (Å²) in [4.78, 5) is 18.0. The van der Waals surface area contributed by atoms with Crippen molar-refractivity contribution in [2.75, 3.05) is 18.5 Å². The zero-order chi connectivity index (χ0) is 16.8. The standard InChI is InChI=1S/C17H20N4O2/c1-5-13-7-6-8-14(9-13)21(10-15(22)18-4)11-16-19-17(12(2)3)20-23-16/h1,6-9,12H,10-11H2,2-4H3,(H,18,22). The molecule has 0 aliphatic carbocycles. The van der Waals surface area contributed by atoms with E-state index < -0.39 is 0 Å². The van der Waals surface area contributed by atoms with E-state index in [0.29, 0.717) is 18.3 Å². The highest BCUT2D eigenvalue weighted by Crippen LogP contribution is 2.19. The molecule has 0 aliphatic heterocycles. The first-order chi connectivity index (χ1) is 11.0. The number of hydrogen-bond donors (Lipinski definition) is 1. The molecule has 0 saturated heterocycles. The summed E-state index contributed by atoms with van der Waals surface area (Å²) in [7, 11) is 1.60. The van der Waals surface area contributed by atoms with Crippen LogP contribution in [-0.2, 0) is 11.3 Å². The normalized spacial score (nSPS) is 10.4. The molecule has 0 fully saturated rings. The molecule has 1 aromatic carbocycles. The average Bonchev–Trinajstić information content (AvgIpc) is 3.03. The fourth-order valence-electron chi connectivity index (χ4n) is 2.01. The average molecular weight is 312 g/mol. The van der Waals surface area contributed by atoms with Crippen molar-refractivity contribution >= 4 is 11.6 Å². The summed E-state index contributed by atoms with van der Waals surface area (Å²) in [6.45, 7) is 4.49. The van der Waals surface area contributed by atoms with Gasteiger partial charge in [0.05, 0.1) is 13.1 Å². The molecule has 6 nitrogen and oxygen atoms in total. The smallest absolute Gasteiger partial charge is 0.246 e. The lowest BCUT2D eigenvalue weighted by atomic mass is 10.2. The number of nitrogens with one attached hydrogen (secondary N) is 1. The molecule has 2 aromatic rings. The van der Waals surface area contributed by atoms with E-state index in [1.807, 2.05) is 43.0 Å². The quantitative estimate of drug-likeness (QED) is 0.825. The molecule has 0 saturated carbocycles. The SMILES string of the molecule is C#Cc1cccc(N(CC(=O)NC)Cc2nc(C(C)C)no2)c1. The molecule has 23 heavy (non-hydrogen) atoms. The molecule has 1 aromatic heterocycles. The van der Waals surface area contributed by atoms with Gasteiger partial charge in [0, 0.05) is 24.2 Å². The van der Waals surface area contributed by atoms with E-state index in [9.17, 15) is 4.79 Å². The molecule has 0 bridgehead atoms. The second kappa shape index (κ2) is 7.45. The molecular weight excluding hydrogens is 292 g/mol. The third-order valence-corrected chi connectivity index (χ3v) is 3.32. The largest absolute Gasteiger partial charge is 0.358 e. The number of aromatic nitrogens is 2. The first kappa shape index (κ1) is 16.6. The molecule has 0 spiro atoms. The van der Waals surface area contributed by atoms with Gasteiger partial charge in [-0.15, -0.1) is 6.42 Å². The molecule has 1 N–H and O–H groups in total. The number of benzene rings is 1. The van der Waals surface area contributed by atoms with Crippen molar-refractivity contribution < 1.29 is 9.32 Å². The number of terminal acetylenes is 1. The molecular formula is C17H20N4O2. The molecule has 0 aliphatic rings. The van der Waals surface area contributed by atoms with Crippen LogP contribution in [0.2, 0.25) is 0 Å². The number of anilines is 1. The van der Waals surface area contributed by atoms with Crippen LogP contribution < -0.4 is 10.2 Å². The number of amides is 1. The minimum absolute atomic E-state index is 0.111. The fraction of sp³-hybridized carbons (Fsp3) is 0.353. The van der Waals surface area contributed by atoms with Gasteiger partial charge in [0.25, 0.3) is 0 Å².